The van der Waals surface area contributed by atoms with Crippen molar-refractivity contribution < 1.29 is 22.8 Å². The maximum absolute atomic E-state index is 12.9. The number of nitrogens with zero attached hydrogens (tertiary/aromatic N) is 1. The van der Waals surface area contributed by atoms with Crippen LogP contribution in [0.1, 0.15) is 42.9 Å². The summed E-state index contributed by atoms with van der Waals surface area (Å²) in [6, 6.07) is 4.33. The molecular formula is C17H19F3N2O2. The Hall–Kier alpha value is -2.05. The summed E-state index contributed by atoms with van der Waals surface area (Å²) in [5.74, 6) is -0.218. The van der Waals surface area contributed by atoms with Gasteiger partial charge in [0.2, 0.25) is 11.8 Å². The minimum Gasteiger partial charge on any atom is -0.347 e. The summed E-state index contributed by atoms with van der Waals surface area (Å²) >= 11 is 0. The molecule has 4 nitrogen and oxygen atoms in total. The number of carbonyl (C=O) groups excluding carboxylic acids is 2. The Kier molecular flexibility index (Phi) is 4.51. The van der Waals surface area contributed by atoms with E-state index >= 15 is 0 Å². The van der Waals surface area contributed by atoms with Gasteiger partial charge in [-0.15, -0.1) is 0 Å². The number of amides is 2. The smallest absolute Gasteiger partial charge is 0.347 e. The van der Waals surface area contributed by atoms with Crippen molar-refractivity contribution in [1.82, 2.24) is 10.2 Å². The van der Waals surface area contributed by atoms with E-state index in [2.05, 4.69) is 5.32 Å². The Labute approximate surface area is 138 Å². The highest BCUT2D eigenvalue weighted by Gasteiger charge is 2.34. The number of hydrogen-bond donors (Lipinski definition) is 1. The monoisotopic (exact) mass is 340 g/mol. The number of hydrogen-bond acceptors (Lipinski definition) is 2. The van der Waals surface area contributed by atoms with Crippen LogP contribution < -0.4 is 5.32 Å². The second kappa shape index (κ2) is 6.45. The number of nitrogens with one attached hydrogen (secondary N) is 1. The zero-order valence-electron chi connectivity index (χ0n) is 13.1. The summed E-state index contributed by atoms with van der Waals surface area (Å²) in [5.41, 5.74) is -0.378. The average Bonchev–Trinajstić information content (AvgIpc) is 3.30. The molecule has 1 aromatic carbocycles. The summed E-state index contributed by atoms with van der Waals surface area (Å²) in [6.07, 6.45) is -1.63. The maximum atomic E-state index is 12.9. The van der Waals surface area contributed by atoms with Crippen molar-refractivity contribution in [1.29, 1.82) is 0 Å². The van der Waals surface area contributed by atoms with Crippen LogP contribution >= 0.6 is 0 Å². The van der Waals surface area contributed by atoms with Crippen molar-refractivity contribution in [2.45, 2.75) is 37.9 Å². The van der Waals surface area contributed by atoms with Crippen LogP contribution in [0.4, 0.5) is 13.2 Å². The Balaban J connectivity index is 1.82. The van der Waals surface area contributed by atoms with Gasteiger partial charge < -0.3 is 10.2 Å². The van der Waals surface area contributed by atoms with Crippen LogP contribution in [0.3, 0.4) is 0 Å². The zero-order chi connectivity index (χ0) is 17.3. The third-order valence-electron chi connectivity index (χ3n) is 4.46. The largest absolute Gasteiger partial charge is 0.416 e. The van der Waals surface area contributed by atoms with E-state index in [1.165, 1.54) is 6.07 Å². The van der Waals surface area contributed by atoms with Gasteiger partial charge in [0, 0.05) is 25.4 Å². The second-order valence-electron chi connectivity index (χ2n) is 6.40. The summed E-state index contributed by atoms with van der Waals surface area (Å²) < 4.78 is 38.8. The molecule has 1 aliphatic carbocycles. The molecule has 1 aromatic rings. The topological polar surface area (TPSA) is 49.4 Å². The van der Waals surface area contributed by atoms with E-state index in [4.69, 9.17) is 0 Å². The first kappa shape index (κ1) is 16.8. The molecular weight excluding hydrogens is 321 g/mol. The standard InChI is InChI=1S/C17H19F3N2O2/c18-17(19,20)13-4-1-3-12(9-13)14(21-16(24)11-6-7-11)10-22-8-2-5-15(22)23/h1,3-4,9,11,14H,2,5-8,10H2,(H,21,24). The molecule has 0 radical (unpaired) electrons. The van der Waals surface area contributed by atoms with Crippen LogP contribution in [0.15, 0.2) is 24.3 Å². The quantitative estimate of drug-likeness (QED) is 0.896. The molecule has 1 aliphatic heterocycles. The molecule has 2 fully saturated rings. The lowest BCUT2D eigenvalue weighted by Gasteiger charge is -2.26. The maximum Gasteiger partial charge on any atom is 0.416 e. The van der Waals surface area contributed by atoms with Crippen molar-refractivity contribution in [2.24, 2.45) is 5.92 Å². The number of benzene rings is 1. The van der Waals surface area contributed by atoms with Gasteiger partial charge in [-0.25, -0.2) is 0 Å². The lowest BCUT2D eigenvalue weighted by atomic mass is 10.0. The predicted octanol–water partition coefficient (Wildman–Crippen LogP) is 2.90. The lowest BCUT2D eigenvalue weighted by molar-refractivity contribution is -0.137. The van der Waals surface area contributed by atoms with E-state index in [0.717, 1.165) is 31.4 Å². The Morgan fingerprint density at radius 1 is 1.33 bits per heavy atom. The summed E-state index contributed by atoms with van der Waals surface area (Å²) in [6.45, 7) is 0.784. The van der Waals surface area contributed by atoms with Crippen LogP contribution in [0, 0.1) is 5.92 Å². The third-order valence-corrected chi connectivity index (χ3v) is 4.46. The van der Waals surface area contributed by atoms with Gasteiger partial charge in [-0.1, -0.05) is 12.1 Å². The molecule has 2 aliphatic rings. The van der Waals surface area contributed by atoms with E-state index in [1.807, 2.05) is 0 Å². The normalized spacial score (nSPS) is 19.5. The van der Waals surface area contributed by atoms with E-state index in [0.29, 0.717) is 18.5 Å². The van der Waals surface area contributed by atoms with Gasteiger partial charge >= 0.3 is 6.18 Å². The molecule has 0 spiro atoms. The Bertz CT molecular complexity index is 641. The van der Waals surface area contributed by atoms with Crippen LogP contribution in [-0.4, -0.2) is 29.8 Å². The molecule has 2 amide bonds. The number of likely N-dealkylation sites (tertiary alicyclic amines) is 1. The fourth-order valence-corrected chi connectivity index (χ4v) is 2.92. The number of rotatable bonds is 5. The molecule has 1 saturated heterocycles. The van der Waals surface area contributed by atoms with Crippen molar-refractivity contribution in [2.75, 3.05) is 13.1 Å². The predicted molar refractivity (Wildman–Crippen MR) is 80.9 cm³/mol. The van der Waals surface area contributed by atoms with Gasteiger partial charge in [0.15, 0.2) is 0 Å². The highest BCUT2D eigenvalue weighted by Crippen LogP contribution is 2.33. The minimum atomic E-state index is -4.44. The first-order valence-corrected chi connectivity index (χ1v) is 8.10. The fraction of sp³-hybridized carbons (Fsp3) is 0.529. The van der Waals surface area contributed by atoms with Gasteiger partial charge in [0.25, 0.3) is 0 Å². The van der Waals surface area contributed by atoms with E-state index in [1.54, 1.807) is 11.0 Å². The van der Waals surface area contributed by atoms with Crippen molar-refractivity contribution in [3.8, 4) is 0 Å². The highest BCUT2D eigenvalue weighted by atomic mass is 19.4. The van der Waals surface area contributed by atoms with E-state index in [-0.39, 0.29) is 24.3 Å². The van der Waals surface area contributed by atoms with Crippen LogP contribution in [0.25, 0.3) is 0 Å². The van der Waals surface area contributed by atoms with Gasteiger partial charge in [-0.05, 0) is 37.0 Å². The van der Waals surface area contributed by atoms with Gasteiger partial charge in [-0.3, -0.25) is 9.59 Å². The zero-order valence-corrected chi connectivity index (χ0v) is 13.1. The minimum absolute atomic E-state index is 0.0207. The molecule has 1 atom stereocenters. The molecule has 1 heterocycles. The summed E-state index contributed by atoms with van der Waals surface area (Å²) in [7, 11) is 0. The molecule has 1 N–H and O–H groups in total. The van der Waals surface area contributed by atoms with Gasteiger partial charge in [-0.2, -0.15) is 13.2 Å². The van der Waals surface area contributed by atoms with Crippen LogP contribution in [0.2, 0.25) is 0 Å². The lowest BCUT2D eigenvalue weighted by Crippen LogP contribution is -2.39. The second-order valence-corrected chi connectivity index (χ2v) is 6.40. The molecule has 7 heteroatoms. The molecule has 0 aromatic heterocycles. The van der Waals surface area contributed by atoms with Crippen LogP contribution in [0.5, 0.6) is 0 Å². The highest BCUT2D eigenvalue weighted by molar-refractivity contribution is 5.81. The first-order valence-electron chi connectivity index (χ1n) is 8.10. The summed E-state index contributed by atoms with van der Waals surface area (Å²) in [4.78, 5) is 25.5. The Morgan fingerprint density at radius 3 is 2.67 bits per heavy atom. The number of alkyl halides is 3. The van der Waals surface area contributed by atoms with Crippen molar-refractivity contribution >= 4 is 11.8 Å². The molecule has 3 rings (SSSR count). The molecule has 130 valence electrons. The number of carbonyl (C=O) groups is 2. The number of halogens is 3. The van der Waals surface area contributed by atoms with Crippen molar-refractivity contribution in [3.05, 3.63) is 35.4 Å². The van der Waals surface area contributed by atoms with E-state index in [9.17, 15) is 22.8 Å². The third kappa shape index (κ3) is 3.88. The van der Waals surface area contributed by atoms with Crippen molar-refractivity contribution in [3.63, 3.8) is 0 Å². The molecule has 1 unspecified atom stereocenters. The molecule has 24 heavy (non-hydrogen) atoms. The average molecular weight is 340 g/mol. The molecule has 0 bridgehead atoms. The van der Waals surface area contributed by atoms with Gasteiger partial charge in [0.1, 0.15) is 0 Å². The Morgan fingerprint density at radius 2 is 2.08 bits per heavy atom. The van der Waals surface area contributed by atoms with E-state index < -0.39 is 17.8 Å². The first-order chi connectivity index (χ1) is 11.3. The summed E-state index contributed by atoms with van der Waals surface area (Å²) in [5, 5.41) is 2.82. The van der Waals surface area contributed by atoms with Gasteiger partial charge in [0.05, 0.1) is 11.6 Å². The SMILES string of the molecule is O=C(NC(CN1CCCC1=O)c1cccc(C(F)(F)F)c1)C1CC1. The van der Waals surface area contributed by atoms with Crippen LogP contribution in [-0.2, 0) is 15.8 Å². The fourth-order valence-electron chi connectivity index (χ4n) is 2.92. The molecule has 1 saturated carbocycles.